The van der Waals surface area contributed by atoms with Gasteiger partial charge < -0.3 is 19.1 Å². The molecule has 1 aliphatic heterocycles. The Kier molecular flexibility index (Phi) is 18.6. The Morgan fingerprint density at radius 2 is 0.884 bits per heavy atom. The van der Waals surface area contributed by atoms with Crippen molar-refractivity contribution in [2.45, 2.75) is 66.2 Å². The van der Waals surface area contributed by atoms with Gasteiger partial charge in [0.05, 0.1) is 39.5 Å². The molecule has 10 nitrogen and oxygen atoms in total. The number of carbonyl (C=O) groups is 3. The average Bonchev–Trinajstić information content (AvgIpc) is 2.98. The molecule has 0 saturated carbocycles. The van der Waals surface area contributed by atoms with E-state index in [0.717, 1.165) is 44.2 Å². The van der Waals surface area contributed by atoms with Gasteiger partial charge in [0, 0.05) is 58.0 Å². The monoisotopic (exact) mass is 604 g/mol. The van der Waals surface area contributed by atoms with E-state index in [-0.39, 0.29) is 37.5 Å². The van der Waals surface area contributed by atoms with Crippen molar-refractivity contribution in [3.05, 3.63) is 29.8 Å². The maximum atomic E-state index is 12.7. The lowest BCUT2D eigenvalue weighted by atomic mass is 10.2. The van der Waals surface area contributed by atoms with Crippen LogP contribution in [0.4, 0.5) is 5.69 Å². The largest absolute Gasteiger partial charge is 0.465 e. The molecular weight excluding hydrogens is 548 g/mol. The Labute approximate surface area is 259 Å². The molecular formula is C33H56N4O6. The summed E-state index contributed by atoms with van der Waals surface area (Å²) in [6.07, 6.45) is 5.44. The second-order valence-electron chi connectivity index (χ2n) is 11.4. The van der Waals surface area contributed by atoms with E-state index in [4.69, 9.17) is 14.2 Å². The van der Waals surface area contributed by atoms with E-state index in [1.165, 1.54) is 5.56 Å². The molecule has 1 fully saturated rings. The Balaban J connectivity index is 2.21. The molecule has 43 heavy (non-hydrogen) atoms. The summed E-state index contributed by atoms with van der Waals surface area (Å²) in [5, 5.41) is 0. The zero-order chi connectivity index (χ0) is 31.3. The summed E-state index contributed by atoms with van der Waals surface area (Å²) < 4.78 is 16.4. The quantitative estimate of drug-likeness (QED) is 0.158. The highest BCUT2D eigenvalue weighted by Gasteiger charge is 2.22. The second kappa shape index (κ2) is 21.9. The van der Waals surface area contributed by atoms with Crippen LogP contribution in [0, 0.1) is 6.92 Å². The van der Waals surface area contributed by atoms with Crippen LogP contribution in [0.15, 0.2) is 24.3 Å². The summed E-state index contributed by atoms with van der Waals surface area (Å²) in [6.45, 7) is 15.3. The number of esters is 3. The van der Waals surface area contributed by atoms with Gasteiger partial charge in [0.2, 0.25) is 0 Å². The van der Waals surface area contributed by atoms with Crippen molar-refractivity contribution in [1.29, 1.82) is 0 Å². The van der Waals surface area contributed by atoms with Crippen molar-refractivity contribution in [3.8, 4) is 0 Å². The first-order chi connectivity index (χ1) is 20.8. The van der Waals surface area contributed by atoms with E-state index >= 15 is 0 Å². The van der Waals surface area contributed by atoms with Gasteiger partial charge in [-0.15, -0.1) is 0 Å². The molecule has 0 spiro atoms. The van der Waals surface area contributed by atoms with E-state index in [2.05, 4.69) is 71.6 Å². The lowest BCUT2D eigenvalue weighted by Crippen LogP contribution is -2.49. The Bertz CT molecular complexity index is 888. The summed E-state index contributed by atoms with van der Waals surface area (Å²) in [6, 6.07) is 8.46. The van der Waals surface area contributed by atoms with Crippen molar-refractivity contribution in [1.82, 2.24) is 14.7 Å². The number of hydrogen-bond donors (Lipinski definition) is 0. The van der Waals surface area contributed by atoms with Crippen LogP contribution in [0.1, 0.15) is 64.9 Å². The molecule has 0 aromatic heterocycles. The Morgan fingerprint density at radius 3 is 1.21 bits per heavy atom. The zero-order valence-corrected chi connectivity index (χ0v) is 27.2. The third-order valence-electron chi connectivity index (χ3n) is 7.58. The van der Waals surface area contributed by atoms with Gasteiger partial charge in [0.25, 0.3) is 0 Å². The maximum absolute atomic E-state index is 12.7. The highest BCUT2D eigenvalue weighted by Crippen LogP contribution is 2.16. The van der Waals surface area contributed by atoms with Crippen LogP contribution in [-0.4, -0.2) is 124 Å². The number of hydrogen-bond acceptors (Lipinski definition) is 10. The summed E-state index contributed by atoms with van der Waals surface area (Å²) >= 11 is 0. The SMILES string of the molecule is CCCCOC(=O)CN1CCN(CC(=O)OCCCC)CCN(c2ccc(C)cc2)CCN(CC(=O)OCCCC)CC1. The number of carbonyl (C=O) groups excluding carboxylic acids is 3. The molecule has 0 unspecified atom stereocenters. The normalized spacial score (nSPS) is 16.2. The number of anilines is 1. The van der Waals surface area contributed by atoms with Gasteiger partial charge in [-0.05, 0) is 38.3 Å². The minimum Gasteiger partial charge on any atom is -0.465 e. The summed E-state index contributed by atoms with van der Waals surface area (Å²) in [5.74, 6) is -0.691. The number of nitrogens with zero attached hydrogens (tertiary/aromatic N) is 4. The Morgan fingerprint density at radius 1 is 0.558 bits per heavy atom. The standard InChI is InChI=1S/C33H56N4O6/c1-5-8-23-41-31(38)26-34-15-17-35(27-32(39)42-24-9-6-2)19-21-37(30-13-11-29(4)12-14-30)22-20-36(18-16-34)28-33(40)43-25-10-7-3/h11-14H,5-10,15-28H2,1-4H3. The molecule has 1 heterocycles. The number of unbranched alkanes of at least 4 members (excludes halogenated alkanes) is 3. The molecule has 0 radical (unpaired) electrons. The van der Waals surface area contributed by atoms with E-state index < -0.39 is 0 Å². The lowest BCUT2D eigenvalue weighted by molar-refractivity contribution is -0.147. The number of benzene rings is 1. The van der Waals surface area contributed by atoms with Crippen LogP contribution in [0.5, 0.6) is 0 Å². The van der Waals surface area contributed by atoms with E-state index in [1.54, 1.807) is 0 Å². The summed E-state index contributed by atoms with van der Waals surface area (Å²) in [4.78, 5) is 46.6. The molecule has 244 valence electrons. The fraction of sp³-hybridized carbons (Fsp3) is 0.727. The first kappa shape index (κ1) is 36.5. The minimum absolute atomic E-state index is 0.169. The van der Waals surface area contributed by atoms with E-state index in [0.29, 0.717) is 72.2 Å². The van der Waals surface area contributed by atoms with Gasteiger partial charge >= 0.3 is 17.9 Å². The molecule has 1 aromatic rings. The number of aryl methyl sites for hydroxylation is 1. The fourth-order valence-corrected chi connectivity index (χ4v) is 4.70. The van der Waals surface area contributed by atoms with Gasteiger partial charge in [-0.3, -0.25) is 29.1 Å². The molecule has 2 rings (SSSR count). The second-order valence-corrected chi connectivity index (χ2v) is 11.4. The average molecular weight is 605 g/mol. The molecule has 1 saturated heterocycles. The molecule has 0 bridgehead atoms. The Hall–Kier alpha value is -2.69. The van der Waals surface area contributed by atoms with Crippen LogP contribution in [0.2, 0.25) is 0 Å². The van der Waals surface area contributed by atoms with Gasteiger partial charge in [-0.2, -0.15) is 0 Å². The van der Waals surface area contributed by atoms with Gasteiger partial charge in [-0.25, -0.2) is 0 Å². The molecule has 0 amide bonds. The van der Waals surface area contributed by atoms with Gasteiger partial charge in [0.1, 0.15) is 0 Å². The van der Waals surface area contributed by atoms with Crippen LogP contribution < -0.4 is 4.90 Å². The van der Waals surface area contributed by atoms with Gasteiger partial charge in [-0.1, -0.05) is 57.7 Å². The first-order valence-electron chi connectivity index (χ1n) is 16.3. The van der Waals surface area contributed by atoms with Crippen LogP contribution in [-0.2, 0) is 28.6 Å². The third kappa shape index (κ3) is 16.1. The minimum atomic E-state index is -0.248. The van der Waals surface area contributed by atoms with E-state index in [1.807, 2.05) is 0 Å². The van der Waals surface area contributed by atoms with E-state index in [9.17, 15) is 14.4 Å². The van der Waals surface area contributed by atoms with Crippen molar-refractivity contribution >= 4 is 23.6 Å². The van der Waals surface area contributed by atoms with Crippen molar-refractivity contribution in [2.75, 3.05) is 96.7 Å². The molecule has 0 N–H and O–H groups in total. The fourth-order valence-electron chi connectivity index (χ4n) is 4.70. The predicted molar refractivity (Wildman–Crippen MR) is 170 cm³/mol. The maximum Gasteiger partial charge on any atom is 0.320 e. The van der Waals surface area contributed by atoms with Crippen LogP contribution in [0.3, 0.4) is 0 Å². The zero-order valence-electron chi connectivity index (χ0n) is 27.2. The molecule has 10 heteroatoms. The highest BCUT2D eigenvalue weighted by molar-refractivity contribution is 5.72. The van der Waals surface area contributed by atoms with Crippen molar-refractivity contribution in [2.24, 2.45) is 0 Å². The smallest absolute Gasteiger partial charge is 0.320 e. The number of ether oxygens (including phenoxy) is 3. The topological polar surface area (TPSA) is 91.9 Å². The van der Waals surface area contributed by atoms with Gasteiger partial charge in [0.15, 0.2) is 0 Å². The molecule has 1 aliphatic rings. The highest BCUT2D eigenvalue weighted by atomic mass is 16.5. The summed E-state index contributed by atoms with van der Waals surface area (Å²) in [7, 11) is 0. The van der Waals surface area contributed by atoms with Crippen LogP contribution >= 0.6 is 0 Å². The lowest BCUT2D eigenvalue weighted by Gasteiger charge is -2.34. The first-order valence-corrected chi connectivity index (χ1v) is 16.3. The van der Waals surface area contributed by atoms with Crippen molar-refractivity contribution < 1.29 is 28.6 Å². The number of rotatable bonds is 16. The molecule has 0 aliphatic carbocycles. The van der Waals surface area contributed by atoms with Crippen molar-refractivity contribution in [3.63, 3.8) is 0 Å². The molecule has 0 atom stereocenters. The summed E-state index contributed by atoms with van der Waals surface area (Å²) in [5.41, 5.74) is 2.30. The molecule has 1 aromatic carbocycles. The predicted octanol–water partition coefficient (Wildman–Crippen LogP) is 3.75. The van der Waals surface area contributed by atoms with Crippen LogP contribution in [0.25, 0.3) is 0 Å². The third-order valence-corrected chi connectivity index (χ3v) is 7.58.